The number of phenolic OH excluding ortho intramolecular Hbond substituents is 1. The number of benzene rings is 2. The van der Waals surface area contributed by atoms with Crippen LogP contribution < -0.4 is 9.47 Å². The van der Waals surface area contributed by atoms with Gasteiger partial charge in [-0.25, -0.2) is 0 Å². The topological polar surface area (TPSA) is 72.8 Å². The molecule has 0 saturated heterocycles. The minimum Gasteiger partial charge on any atom is -0.507 e. The lowest BCUT2D eigenvalue weighted by Crippen LogP contribution is -2.27. The zero-order chi connectivity index (χ0) is 16.6. The van der Waals surface area contributed by atoms with Gasteiger partial charge < -0.3 is 14.6 Å². The van der Waals surface area contributed by atoms with Crippen LogP contribution in [0.3, 0.4) is 0 Å². The molecule has 2 aromatic carbocycles. The van der Waals surface area contributed by atoms with Crippen molar-refractivity contribution in [2.24, 2.45) is 0 Å². The van der Waals surface area contributed by atoms with Gasteiger partial charge >= 0.3 is 0 Å². The van der Waals surface area contributed by atoms with Crippen LogP contribution in [0.5, 0.6) is 17.2 Å². The van der Waals surface area contributed by atoms with E-state index < -0.39 is 6.10 Å². The van der Waals surface area contributed by atoms with Crippen LogP contribution >= 0.6 is 0 Å². The van der Waals surface area contributed by atoms with E-state index in [4.69, 9.17) is 9.47 Å². The summed E-state index contributed by atoms with van der Waals surface area (Å²) in [6.07, 6.45) is -0.164. The number of phenols is 1. The van der Waals surface area contributed by atoms with Gasteiger partial charge in [-0.05, 0) is 12.5 Å². The molecule has 0 bridgehead atoms. The fourth-order valence-electron chi connectivity index (χ4n) is 2.91. The van der Waals surface area contributed by atoms with Crippen LogP contribution in [0.1, 0.15) is 33.2 Å². The van der Waals surface area contributed by atoms with Crippen molar-refractivity contribution in [3.8, 4) is 17.2 Å². The lowest BCUT2D eigenvalue weighted by Gasteiger charge is -2.28. The van der Waals surface area contributed by atoms with Crippen molar-refractivity contribution in [3.05, 3.63) is 52.6 Å². The molecule has 1 N–H and O–H groups in total. The molecule has 5 nitrogen and oxygen atoms in total. The standard InChI is InChI=1S/C18H16O5/c1-10-15(21)12-8-14(20)17(11-6-4-3-5-7-11)23-18(12)13(9-19)16(10)22-2/h3-7,9,17,21H,8H2,1-2H3/t17-/m0/s1. The average molecular weight is 312 g/mol. The lowest BCUT2D eigenvalue weighted by molar-refractivity contribution is -0.126. The van der Waals surface area contributed by atoms with E-state index in [2.05, 4.69) is 0 Å². The van der Waals surface area contributed by atoms with Gasteiger partial charge in [0.1, 0.15) is 17.2 Å². The molecular weight excluding hydrogens is 296 g/mol. The number of aromatic hydroxyl groups is 1. The molecule has 0 radical (unpaired) electrons. The normalized spacial score (nSPS) is 16.4. The summed E-state index contributed by atoms with van der Waals surface area (Å²) in [5.41, 5.74) is 1.68. The molecule has 3 rings (SSSR count). The number of ketones is 1. The van der Waals surface area contributed by atoms with Crippen molar-refractivity contribution in [2.75, 3.05) is 7.11 Å². The zero-order valence-corrected chi connectivity index (χ0v) is 12.8. The Bertz CT molecular complexity index is 780. The molecule has 0 fully saturated rings. The number of hydrogen-bond acceptors (Lipinski definition) is 5. The molecule has 118 valence electrons. The number of carbonyl (C=O) groups excluding carboxylic acids is 2. The van der Waals surface area contributed by atoms with Gasteiger partial charge in [0.25, 0.3) is 0 Å². The minimum absolute atomic E-state index is 0.00635. The summed E-state index contributed by atoms with van der Waals surface area (Å²) in [5.74, 6) is 0.244. The molecule has 0 aliphatic carbocycles. The molecule has 23 heavy (non-hydrogen) atoms. The van der Waals surface area contributed by atoms with Crippen molar-refractivity contribution >= 4 is 12.1 Å². The summed E-state index contributed by atoms with van der Waals surface area (Å²) >= 11 is 0. The predicted octanol–water partition coefficient (Wildman–Crippen LogP) is 2.77. The van der Waals surface area contributed by atoms with Gasteiger partial charge in [0.15, 0.2) is 18.2 Å². The van der Waals surface area contributed by atoms with Crippen LogP contribution in [0.15, 0.2) is 30.3 Å². The second-order valence-corrected chi connectivity index (χ2v) is 5.40. The number of fused-ring (bicyclic) bond motifs is 1. The third kappa shape index (κ3) is 2.34. The van der Waals surface area contributed by atoms with E-state index in [9.17, 15) is 14.7 Å². The van der Waals surface area contributed by atoms with Crippen molar-refractivity contribution in [1.29, 1.82) is 0 Å². The molecule has 1 aliphatic heterocycles. The van der Waals surface area contributed by atoms with Crippen LogP contribution in [0.4, 0.5) is 0 Å². The third-order valence-corrected chi connectivity index (χ3v) is 4.05. The number of aldehydes is 1. The smallest absolute Gasteiger partial charge is 0.182 e. The molecule has 0 aromatic heterocycles. The highest BCUT2D eigenvalue weighted by Crippen LogP contribution is 2.46. The van der Waals surface area contributed by atoms with Gasteiger partial charge in [-0.3, -0.25) is 9.59 Å². The first-order valence-corrected chi connectivity index (χ1v) is 7.20. The molecule has 0 unspecified atom stereocenters. The minimum atomic E-state index is -0.797. The maximum Gasteiger partial charge on any atom is 0.182 e. The maximum absolute atomic E-state index is 12.4. The molecular formula is C18H16O5. The van der Waals surface area contributed by atoms with Gasteiger partial charge in [-0.2, -0.15) is 0 Å². The summed E-state index contributed by atoms with van der Waals surface area (Å²) in [6, 6.07) is 9.06. The van der Waals surface area contributed by atoms with Crippen LogP contribution in [-0.2, 0) is 11.2 Å². The quantitative estimate of drug-likeness (QED) is 0.882. The van der Waals surface area contributed by atoms with E-state index in [1.54, 1.807) is 19.1 Å². The van der Waals surface area contributed by atoms with Crippen LogP contribution in [0.25, 0.3) is 0 Å². The molecule has 0 amide bonds. The Labute approximate surface area is 133 Å². The van der Waals surface area contributed by atoms with Crippen molar-refractivity contribution in [3.63, 3.8) is 0 Å². The third-order valence-electron chi connectivity index (χ3n) is 4.05. The fourth-order valence-corrected chi connectivity index (χ4v) is 2.91. The van der Waals surface area contributed by atoms with Crippen LogP contribution in [0, 0.1) is 6.92 Å². The molecule has 0 spiro atoms. The van der Waals surface area contributed by atoms with E-state index >= 15 is 0 Å². The van der Waals surface area contributed by atoms with Crippen molar-refractivity contribution in [1.82, 2.24) is 0 Å². The van der Waals surface area contributed by atoms with E-state index in [-0.39, 0.29) is 35.0 Å². The number of Topliss-reactive ketones (excluding diaryl/α,β-unsaturated/α-hetero) is 1. The van der Waals surface area contributed by atoms with E-state index in [0.29, 0.717) is 23.0 Å². The predicted molar refractivity (Wildman–Crippen MR) is 83.3 cm³/mol. The summed E-state index contributed by atoms with van der Waals surface area (Å²) in [4.78, 5) is 23.9. The monoisotopic (exact) mass is 312 g/mol. The van der Waals surface area contributed by atoms with E-state index in [1.807, 2.05) is 18.2 Å². The van der Waals surface area contributed by atoms with Gasteiger partial charge in [0, 0.05) is 17.5 Å². The van der Waals surface area contributed by atoms with E-state index in [1.165, 1.54) is 7.11 Å². The molecule has 5 heteroatoms. The molecule has 1 aliphatic rings. The second kappa shape index (κ2) is 5.76. The maximum atomic E-state index is 12.4. The molecule has 2 aromatic rings. The van der Waals surface area contributed by atoms with Crippen LogP contribution in [0.2, 0.25) is 0 Å². The highest BCUT2D eigenvalue weighted by Gasteiger charge is 2.35. The Balaban J connectivity index is 2.17. The number of carbonyl (C=O) groups is 2. The first-order chi connectivity index (χ1) is 11.1. The van der Waals surface area contributed by atoms with E-state index in [0.717, 1.165) is 0 Å². The number of ether oxygens (including phenoxy) is 2. The zero-order valence-electron chi connectivity index (χ0n) is 12.8. The first kappa shape index (κ1) is 15.1. The number of rotatable bonds is 3. The van der Waals surface area contributed by atoms with Gasteiger partial charge in [-0.15, -0.1) is 0 Å². The van der Waals surface area contributed by atoms with Gasteiger partial charge in [0.05, 0.1) is 12.7 Å². The lowest BCUT2D eigenvalue weighted by atomic mass is 9.92. The fraction of sp³-hybridized carbons (Fsp3) is 0.222. The Kier molecular flexibility index (Phi) is 3.78. The number of hydrogen-bond donors (Lipinski definition) is 1. The molecule has 1 atom stereocenters. The van der Waals surface area contributed by atoms with Crippen LogP contribution in [-0.4, -0.2) is 24.3 Å². The Hall–Kier alpha value is -2.82. The first-order valence-electron chi connectivity index (χ1n) is 7.20. The summed E-state index contributed by atoms with van der Waals surface area (Å²) in [5, 5.41) is 10.3. The van der Waals surface area contributed by atoms with Gasteiger partial charge in [-0.1, -0.05) is 30.3 Å². The largest absolute Gasteiger partial charge is 0.507 e. The Morgan fingerprint density at radius 3 is 2.61 bits per heavy atom. The summed E-state index contributed by atoms with van der Waals surface area (Å²) < 4.78 is 11.0. The molecule has 0 saturated carbocycles. The number of methoxy groups -OCH3 is 1. The highest BCUT2D eigenvalue weighted by molar-refractivity contribution is 5.94. The Morgan fingerprint density at radius 1 is 1.30 bits per heavy atom. The average Bonchev–Trinajstić information content (AvgIpc) is 2.58. The highest BCUT2D eigenvalue weighted by atomic mass is 16.5. The summed E-state index contributed by atoms with van der Waals surface area (Å²) in [6.45, 7) is 1.63. The van der Waals surface area contributed by atoms with Crippen molar-refractivity contribution in [2.45, 2.75) is 19.4 Å². The van der Waals surface area contributed by atoms with Gasteiger partial charge in [0.2, 0.25) is 0 Å². The Morgan fingerprint density at radius 2 is 2.00 bits per heavy atom. The second-order valence-electron chi connectivity index (χ2n) is 5.40. The SMILES string of the molecule is COc1c(C)c(O)c2c(c1C=O)O[C@@H](c1ccccc1)C(=O)C2. The summed E-state index contributed by atoms with van der Waals surface area (Å²) in [7, 11) is 1.42. The molecule has 1 heterocycles. The van der Waals surface area contributed by atoms with Crippen molar-refractivity contribution < 1.29 is 24.2 Å².